The minimum Gasteiger partial charge on any atom is -0.441 e. The smallest absolute Gasteiger partial charge is 0.255 e. The summed E-state index contributed by atoms with van der Waals surface area (Å²) in [6, 6.07) is 9.06. The molecular weight excluding hydrogens is 414 g/mol. The van der Waals surface area contributed by atoms with Crippen molar-refractivity contribution < 1.29 is 4.42 Å². The number of allylic oxidation sites excluding steroid dienone is 1. The van der Waals surface area contributed by atoms with Crippen LogP contribution in [-0.4, -0.2) is 47.3 Å². The summed E-state index contributed by atoms with van der Waals surface area (Å²) in [4.78, 5) is 19.8. The second-order valence-electron chi connectivity index (χ2n) is 8.59. The molecule has 172 valence electrons. The maximum absolute atomic E-state index is 12.9. The highest BCUT2D eigenvalue weighted by Crippen LogP contribution is 2.28. The van der Waals surface area contributed by atoms with E-state index in [4.69, 9.17) is 9.83 Å². The molecule has 1 aromatic carbocycles. The highest BCUT2D eigenvalue weighted by molar-refractivity contribution is 5.86. The molecule has 0 radical (unpaired) electrons. The van der Waals surface area contributed by atoms with Gasteiger partial charge in [-0.15, -0.1) is 0 Å². The molecule has 1 aliphatic rings. The molecule has 3 aromatic rings. The van der Waals surface area contributed by atoms with E-state index in [-0.39, 0.29) is 5.56 Å². The third-order valence-electron chi connectivity index (χ3n) is 5.91. The lowest BCUT2D eigenvalue weighted by Gasteiger charge is -2.17. The zero-order chi connectivity index (χ0) is 23.4. The number of nitrogens with zero attached hydrogens (tertiary/aromatic N) is 3. The van der Waals surface area contributed by atoms with E-state index in [2.05, 4.69) is 36.1 Å². The van der Waals surface area contributed by atoms with E-state index in [1.807, 2.05) is 30.3 Å². The summed E-state index contributed by atoms with van der Waals surface area (Å²) < 4.78 is 7.49. The van der Waals surface area contributed by atoms with Gasteiger partial charge in [-0.1, -0.05) is 12.5 Å². The Morgan fingerprint density at radius 1 is 1.24 bits per heavy atom. The van der Waals surface area contributed by atoms with Crippen molar-refractivity contribution in [3.05, 3.63) is 69.5 Å². The van der Waals surface area contributed by atoms with E-state index in [1.54, 1.807) is 16.8 Å². The lowest BCUT2D eigenvalue weighted by Crippen LogP contribution is -2.26. The van der Waals surface area contributed by atoms with Crippen LogP contribution in [0.1, 0.15) is 43.7 Å². The number of hydrogen-bond donors (Lipinski definition) is 2. The highest BCUT2D eigenvalue weighted by atomic mass is 16.4. The fourth-order valence-electron chi connectivity index (χ4n) is 4.08. The first kappa shape index (κ1) is 22.7. The average Bonchev–Trinajstić information content (AvgIpc) is 3.22. The predicted octanol–water partition coefficient (Wildman–Crippen LogP) is 4.59. The first-order valence-corrected chi connectivity index (χ1v) is 11.5. The highest BCUT2D eigenvalue weighted by Gasteiger charge is 2.17. The Morgan fingerprint density at radius 3 is 2.85 bits per heavy atom. The minimum absolute atomic E-state index is 0.173. The monoisotopic (exact) mass is 445 g/mol. The molecule has 0 saturated carbocycles. The number of aryl methyl sites for hydroxylation is 1. The largest absolute Gasteiger partial charge is 0.441 e. The molecule has 2 heterocycles. The Morgan fingerprint density at radius 2 is 2.09 bits per heavy atom. The quantitative estimate of drug-likeness (QED) is 0.470. The zero-order valence-corrected chi connectivity index (χ0v) is 19.5. The Bertz CT molecular complexity index is 1240. The molecule has 0 fully saturated rings. The van der Waals surface area contributed by atoms with Gasteiger partial charge in [0.15, 0.2) is 0 Å². The maximum Gasteiger partial charge on any atom is 0.255 e. The van der Waals surface area contributed by atoms with Crippen molar-refractivity contribution in [3.63, 3.8) is 0 Å². The van der Waals surface area contributed by atoms with Crippen molar-refractivity contribution in [1.82, 2.24) is 14.5 Å². The molecule has 7 heteroatoms. The van der Waals surface area contributed by atoms with Gasteiger partial charge in [-0.05, 0) is 63.7 Å². The number of rotatable bonds is 9. The Labute approximate surface area is 194 Å². The van der Waals surface area contributed by atoms with Crippen molar-refractivity contribution in [1.29, 1.82) is 5.41 Å². The number of hydrogen-bond acceptors (Lipinski definition) is 6. The van der Waals surface area contributed by atoms with Gasteiger partial charge in [0.05, 0.1) is 0 Å². The van der Waals surface area contributed by atoms with Crippen LogP contribution in [0.4, 0.5) is 5.69 Å². The molecule has 7 nitrogen and oxygen atoms in total. The first-order valence-electron chi connectivity index (χ1n) is 11.5. The number of likely N-dealkylation sites (N-methyl/N-ethyl adjacent to an activating group) is 1. The molecule has 4 rings (SSSR count). The first-order chi connectivity index (χ1) is 16.0. The van der Waals surface area contributed by atoms with Crippen LogP contribution in [-0.2, 0) is 6.42 Å². The summed E-state index contributed by atoms with van der Waals surface area (Å²) in [5.74, 6) is 1.35. The number of anilines is 1. The topological polar surface area (TPSA) is 87.2 Å². The molecule has 2 aromatic heterocycles. The number of aromatic nitrogens is 2. The normalized spacial score (nSPS) is 13.0. The zero-order valence-electron chi connectivity index (χ0n) is 19.5. The number of oxazole rings is 1. The van der Waals surface area contributed by atoms with Gasteiger partial charge in [-0.25, -0.2) is 4.98 Å². The molecule has 33 heavy (non-hydrogen) atoms. The number of fused-ring (bicyclic) bond motifs is 1. The van der Waals surface area contributed by atoms with Crippen molar-refractivity contribution >= 4 is 18.0 Å². The van der Waals surface area contributed by atoms with E-state index in [9.17, 15) is 4.79 Å². The predicted molar refractivity (Wildman–Crippen MR) is 134 cm³/mol. The van der Waals surface area contributed by atoms with Gasteiger partial charge in [-0.3, -0.25) is 9.36 Å². The summed E-state index contributed by atoms with van der Waals surface area (Å²) >= 11 is 0. The molecule has 0 saturated heterocycles. The lowest BCUT2D eigenvalue weighted by atomic mass is 10.0. The van der Waals surface area contributed by atoms with E-state index < -0.39 is 0 Å². The second-order valence-corrected chi connectivity index (χ2v) is 8.59. The van der Waals surface area contributed by atoms with Gasteiger partial charge in [-0.2, -0.15) is 0 Å². The molecule has 0 spiro atoms. The molecule has 1 aliphatic carbocycles. The molecule has 0 amide bonds. The van der Waals surface area contributed by atoms with Crippen molar-refractivity contribution in [2.45, 2.75) is 33.1 Å². The summed E-state index contributed by atoms with van der Waals surface area (Å²) in [5.41, 5.74) is 4.97. The number of nitrogens with one attached hydrogen (secondary N) is 2. The third-order valence-corrected chi connectivity index (χ3v) is 5.91. The summed E-state index contributed by atoms with van der Waals surface area (Å²) in [5, 5.41) is 11.2. The molecular formula is C26H31N5O2. The standard InChI is InChI=1S/C26H31N5O2/c1-4-11-30(3)13-10-28-22-7-6-21(15-20(22)17-27)31-12-9-19(16-25(31)32)26-29-23-14-18(2)5-8-24(23)33-26/h6-7,9,12,14-17,27-28H,4-5,8,10-11,13H2,1-3H3. The van der Waals surface area contributed by atoms with Gasteiger partial charge in [0.25, 0.3) is 5.56 Å². The number of benzene rings is 1. The van der Waals surface area contributed by atoms with Gasteiger partial charge in [0, 0.05) is 60.5 Å². The van der Waals surface area contributed by atoms with E-state index in [0.717, 1.165) is 61.6 Å². The third kappa shape index (κ3) is 5.14. The van der Waals surface area contributed by atoms with Gasteiger partial charge >= 0.3 is 0 Å². The second kappa shape index (κ2) is 10.0. The van der Waals surface area contributed by atoms with Crippen LogP contribution in [0.3, 0.4) is 0 Å². The molecule has 0 unspecified atom stereocenters. The molecule has 0 atom stereocenters. The van der Waals surface area contributed by atoms with Crippen LogP contribution in [0.2, 0.25) is 0 Å². The SMILES string of the molecule is CCCN(C)CCNc1ccc(-n2ccc(-c3nc4c(o3)CCC(C)=C4)cc2=O)cc1C=N. The molecule has 0 aliphatic heterocycles. The van der Waals surface area contributed by atoms with Crippen LogP contribution >= 0.6 is 0 Å². The lowest BCUT2D eigenvalue weighted by molar-refractivity contribution is 0.348. The van der Waals surface area contributed by atoms with Crippen molar-refractivity contribution in [2.75, 3.05) is 32.0 Å². The average molecular weight is 446 g/mol. The van der Waals surface area contributed by atoms with E-state index in [1.165, 1.54) is 11.8 Å². The Kier molecular flexibility index (Phi) is 6.89. The maximum atomic E-state index is 12.9. The van der Waals surface area contributed by atoms with Crippen LogP contribution < -0.4 is 10.9 Å². The molecule has 0 bridgehead atoms. The van der Waals surface area contributed by atoms with Crippen LogP contribution in [0.15, 0.2) is 51.3 Å². The summed E-state index contributed by atoms with van der Waals surface area (Å²) in [7, 11) is 2.10. The Hall–Kier alpha value is -3.45. The van der Waals surface area contributed by atoms with Crippen molar-refractivity contribution in [3.8, 4) is 17.1 Å². The summed E-state index contributed by atoms with van der Waals surface area (Å²) in [6.45, 7) is 7.03. The van der Waals surface area contributed by atoms with E-state index >= 15 is 0 Å². The summed E-state index contributed by atoms with van der Waals surface area (Å²) in [6.07, 6.45) is 8.02. The number of pyridine rings is 1. The minimum atomic E-state index is -0.173. The van der Waals surface area contributed by atoms with Crippen LogP contribution in [0.5, 0.6) is 0 Å². The van der Waals surface area contributed by atoms with Crippen LogP contribution in [0.25, 0.3) is 23.2 Å². The fourth-order valence-corrected chi connectivity index (χ4v) is 4.08. The van der Waals surface area contributed by atoms with Crippen LogP contribution in [0, 0.1) is 5.41 Å². The van der Waals surface area contributed by atoms with Gasteiger partial charge < -0.3 is 20.0 Å². The van der Waals surface area contributed by atoms with E-state index in [0.29, 0.717) is 17.1 Å². The van der Waals surface area contributed by atoms with Crippen molar-refractivity contribution in [2.24, 2.45) is 0 Å². The van der Waals surface area contributed by atoms with Gasteiger partial charge in [0.2, 0.25) is 5.89 Å². The van der Waals surface area contributed by atoms with Gasteiger partial charge in [0.1, 0.15) is 11.5 Å². The fraction of sp³-hybridized carbons (Fsp3) is 0.346. The molecule has 2 N–H and O–H groups in total. The Balaban J connectivity index is 1.53.